The van der Waals surface area contributed by atoms with Crippen molar-refractivity contribution in [2.75, 3.05) is 24.6 Å². The zero-order valence-electron chi connectivity index (χ0n) is 18.7. The van der Waals surface area contributed by atoms with Crippen LogP contribution in [0.5, 0.6) is 5.75 Å². The first kappa shape index (κ1) is 25.0. The lowest BCUT2D eigenvalue weighted by Gasteiger charge is -2.42. The van der Waals surface area contributed by atoms with E-state index in [2.05, 4.69) is 15.0 Å². The molecule has 13 heteroatoms. The van der Waals surface area contributed by atoms with Gasteiger partial charge in [-0.15, -0.1) is 13.2 Å². The summed E-state index contributed by atoms with van der Waals surface area (Å²) in [6.45, 7) is 0.271. The van der Waals surface area contributed by atoms with Crippen LogP contribution in [-0.2, 0) is 13.2 Å². The molecule has 1 aliphatic heterocycles. The summed E-state index contributed by atoms with van der Waals surface area (Å²) in [5.41, 5.74) is 0.0151. The van der Waals surface area contributed by atoms with Crippen LogP contribution in [0, 0.1) is 11.7 Å². The molecule has 4 rings (SSSR count). The maximum atomic E-state index is 14.3. The Balaban J connectivity index is 1.43. The molecular formula is C22H26F4N4O5. The van der Waals surface area contributed by atoms with Gasteiger partial charge in [0.25, 0.3) is 0 Å². The molecule has 2 heterocycles. The molecule has 0 bridgehead atoms. The molecule has 2 amide bonds. The highest BCUT2D eigenvalue weighted by Crippen LogP contribution is 2.34. The van der Waals surface area contributed by atoms with Gasteiger partial charge in [-0.2, -0.15) is 4.98 Å². The minimum absolute atomic E-state index is 0.00277. The van der Waals surface area contributed by atoms with Gasteiger partial charge in [0, 0.05) is 49.8 Å². The Hall–Kier alpha value is -3.06. The van der Waals surface area contributed by atoms with Crippen LogP contribution in [0.3, 0.4) is 0 Å². The van der Waals surface area contributed by atoms with Crippen LogP contribution in [0.25, 0.3) is 0 Å². The van der Waals surface area contributed by atoms with Crippen molar-refractivity contribution in [2.24, 2.45) is 5.92 Å². The number of carbonyl (C=O) groups is 1. The van der Waals surface area contributed by atoms with Gasteiger partial charge in [-0.05, 0) is 25.3 Å². The van der Waals surface area contributed by atoms with Crippen molar-refractivity contribution >= 4 is 11.8 Å². The van der Waals surface area contributed by atoms with Gasteiger partial charge in [0.05, 0.1) is 6.04 Å². The monoisotopic (exact) mass is 502 g/mol. The number of aliphatic hydroxyl groups is 2. The highest BCUT2D eigenvalue weighted by atomic mass is 19.4. The van der Waals surface area contributed by atoms with Gasteiger partial charge >= 0.3 is 12.4 Å². The van der Waals surface area contributed by atoms with Crippen molar-refractivity contribution in [3.05, 3.63) is 41.7 Å². The Labute approximate surface area is 198 Å². The number of aliphatic hydroxyl groups excluding tert-OH is 2. The molecule has 9 nitrogen and oxygen atoms in total. The normalized spacial score (nSPS) is 20.6. The van der Waals surface area contributed by atoms with Gasteiger partial charge < -0.3 is 34.5 Å². The average molecular weight is 502 g/mol. The first-order valence-electron chi connectivity index (χ1n) is 11.2. The third kappa shape index (κ3) is 6.34. The molecule has 192 valence electrons. The average Bonchev–Trinajstić information content (AvgIpc) is 3.51. The number of urea groups is 1. The zero-order valence-corrected chi connectivity index (χ0v) is 18.7. The number of piperidine rings is 1. The minimum Gasteiger partial charge on any atom is -0.444 e. The first-order valence-corrected chi connectivity index (χ1v) is 11.2. The van der Waals surface area contributed by atoms with E-state index in [4.69, 9.17) is 4.42 Å². The first-order chi connectivity index (χ1) is 16.7. The van der Waals surface area contributed by atoms with Crippen LogP contribution in [0.2, 0.25) is 0 Å². The highest BCUT2D eigenvalue weighted by Gasteiger charge is 2.41. The van der Waals surface area contributed by atoms with Crippen molar-refractivity contribution in [2.45, 2.75) is 50.9 Å². The number of alkyl halides is 3. The van der Waals surface area contributed by atoms with Crippen LogP contribution in [0.4, 0.5) is 28.2 Å². The molecular weight excluding hydrogens is 476 g/mol. The molecule has 0 spiro atoms. The number of ether oxygens (including phenoxy) is 1. The van der Waals surface area contributed by atoms with Crippen LogP contribution in [0.1, 0.15) is 30.7 Å². The van der Waals surface area contributed by atoms with E-state index in [0.717, 1.165) is 25.0 Å². The number of carbonyl (C=O) groups excluding carboxylic acids is 1. The summed E-state index contributed by atoms with van der Waals surface area (Å²) >= 11 is 0. The van der Waals surface area contributed by atoms with Crippen molar-refractivity contribution < 1.29 is 41.7 Å². The van der Waals surface area contributed by atoms with Crippen molar-refractivity contribution in [1.82, 2.24) is 15.2 Å². The number of hydrogen-bond acceptors (Lipinski definition) is 7. The van der Waals surface area contributed by atoms with Crippen LogP contribution >= 0.6 is 0 Å². The molecule has 1 aromatic carbocycles. The molecule has 2 aromatic rings. The molecule has 3 N–H and O–H groups in total. The lowest BCUT2D eigenvalue weighted by atomic mass is 9.93. The fraction of sp³-hybridized carbons (Fsp3) is 0.545. The second-order valence-corrected chi connectivity index (χ2v) is 8.70. The standard InChI is InChI=1S/C22H26F4N4O5/c23-18-6-17(35-22(24,25)26)4-1-14(18)7-27-21(33)30(15-2-3-15)16-5-13(10-31)8-29(9-16)19-12-34-20(11-32)28-19/h1,4,6,12-13,15-16,31-32H,2-3,5,7-11H2,(H,27,33). The second-order valence-electron chi connectivity index (χ2n) is 8.70. The summed E-state index contributed by atoms with van der Waals surface area (Å²) in [4.78, 5) is 20.9. The van der Waals surface area contributed by atoms with E-state index >= 15 is 0 Å². The maximum absolute atomic E-state index is 14.3. The number of anilines is 1. The van der Waals surface area contributed by atoms with E-state index in [0.29, 0.717) is 31.4 Å². The summed E-state index contributed by atoms with van der Waals surface area (Å²) in [7, 11) is 0. The predicted octanol–water partition coefficient (Wildman–Crippen LogP) is 2.77. The summed E-state index contributed by atoms with van der Waals surface area (Å²) in [5, 5.41) is 21.7. The largest absolute Gasteiger partial charge is 0.573 e. The topological polar surface area (TPSA) is 111 Å². The fourth-order valence-electron chi connectivity index (χ4n) is 4.33. The molecule has 1 aliphatic carbocycles. The lowest BCUT2D eigenvalue weighted by molar-refractivity contribution is -0.274. The molecule has 2 atom stereocenters. The van der Waals surface area contributed by atoms with E-state index < -0.39 is 24.0 Å². The number of amides is 2. The number of benzene rings is 1. The number of oxazole rings is 1. The molecule has 2 unspecified atom stereocenters. The Morgan fingerprint density at radius 1 is 1.26 bits per heavy atom. The zero-order chi connectivity index (χ0) is 25.2. The second kappa shape index (κ2) is 10.3. The Morgan fingerprint density at radius 2 is 2.03 bits per heavy atom. The summed E-state index contributed by atoms with van der Waals surface area (Å²) in [6, 6.07) is 2.04. The number of hydrogen-bond donors (Lipinski definition) is 3. The molecule has 0 radical (unpaired) electrons. The molecule has 2 aliphatic rings. The fourth-order valence-corrected chi connectivity index (χ4v) is 4.33. The molecule has 35 heavy (non-hydrogen) atoms. The van der Waals surface area contributed by atoms with E-state index in [9.17, 15) is 32.6 Å². The quantitative estimate of drug-likeness (QED) is 0.476. The third-order valence-electron chi connectivity index (χ3n) is 6.03. The molecule has 1 saturated heterocycles. The van der Waals surface area contributed by atoms with Crippen molar-refractivity contribution in [1.29, 1.82) is 0 Å². The van der Waals surface area contributed by atoms with Gasteiger partial charge in [-0.3, -0.25) is 0 Å². The number of rotatable bonds is 8. The minimum atomic E-state index is -4.93. The predicted molar refractivity (Wildman–Crippen MR) is 114 cm³/mol. The molecule has 1 saturated carbocycles. The number of nitrogens with one attached hydrogen (secondary N) is 1. The summed E-state index contributed by atoms with van der Waals surface area (Å²) in [6.07, 6.45) is -1.34. The van der Waals surface area contributed by atoms with Gasteiger partial charge in [0.2, 0.25) is 5.89 Å². The SMILES string of the molecule is O=C(NCc1ccc(OC(F)(F)F)cc1F)N(C1CC1)C1CC(CO)CN(c2coc(CO)n2)C1. The Bertz CT molecular complexity index is 1030. The third-order valence-corrected chi connectivity index (χ3v) is 6.03. The van der Waals surface area contributed by atoms with Crippen molar-refractivity contribution in [3.8, 4) is 5.75 Å². The Morgan fingerprint density at radius 3 is 2.63 bits per heavy atom. The number of nitrogens with zero attached hydrogens (tertiary/aromatic N) is 3. The molecule has 2 fully saturated rings. The van der Waals surface area contributed by atoms with Gasteiger partial charge in [0.1, 0.15) is 24.4 Å². The lowest BCUT2D eigenvalue weighted by Crippen LogP contribution is -2.56. The van der Waals surface area contributed by atoms with Crippen LogP contribution in [-0.4, -0.2) is 64.3 Å². The van der Waals surface area contributed by atoms with E-state index in [-0.39, 0.29) is 49.2 Å². The number of aromatic nitrogens is 1. The van der Waals surface area contributed by atoms with Crippen molar-refractivity contribution in [3.63, 3.8) is 0 Å². The van der Waals surface area contributed by atoms with Crippen LogP contribution < -0.4 is 15.0 Å². The summed E-state index contributed by atoms with van der Waals surface area (Å²) in [5.74, 6) is -1.08. The number of halogens is 4. The van der Waals surface area contributed by atoms with Gasteiger partial charge in [-0.25, -0.2) is 9.18 Å². The van der Waals surface area contributed by atoms with Gasteiger partial charge in [-0.1, -0.05) is 6.07 Å². The highest BCUT2D eigenvalue weighted by molar-refractivity contribution is 5.75. The molecule has 1 aromatic heterocycles. The van der Waals surface area contributed by atoms with Gasteiger partial charge in [0.15, 0.2) is 5.82 Å². The summed E-state index contributed by atoms with van der Waals surface area (Å²) < 4.78 is 60.2. The van der Waals surface area contributed by atoms with E-state index in [1.54, 1.807) is 4.90 Å². The smallest absolute Gasteiger partial charge is 0.444 e. The Kier molecular flexibility index (Phi) is 7.36. The van der Waals surface area contributed by atoms with Crippen LogP contribution in [0.15, 0.2) is 28.9 Å². The maximum Gasteiger partial charge on any atom is 0.573 e. The van der Waals surface area contributed by atoms with E-state index in [1.165, 1.54) is 6.26 Å². The van der Waals surface area contributed by atoms with E-state index in [1.807, 2.05) is 4.90 Å².